The van der Waals surface area contributed by atoms with Crippen LogP contribution in [0.15, 0.2) is 29.2 Å². The summed E-state index contributed by atoms with van der Waals surface area (Å²) in [5.41, 5.74) is 6.05. The fraction of sp³-hybridized carbons (Fsp3) is 0.538. The molecule has 1 aromatic carbocycles. The van der Waals surface area contributed by atoms with E-state index in [9.17, 15) is 0 Å². The fourth-order valence-corrected chi connectivity index (χ4v) is 3.63. The Kier molecular flexibility index (Phi) is 4.56. The van der Waals surface area contributed by atoms with Gasteiger partial charge in [0.25, 0.3) is 0 Å². The molecule has 2 N–H and O–H groups in total. The van der Waals surface area contributed by atoms with E-state index in [0.717, 1.165) is 16.7 Å². The van der Waals surface area contributed by atoms with Crippen LogP contribution in [0.25, 0.3) is 0 Å². The molecule has 2 rings (SSSR count). The standard InChI is InChI=1S/C13H18ClNS/c14-11-5-1-2-7-13(11)16-9-8-10-4-3-6-12(10)15/h1-2,5,7,10,12H,3-4,6,8-9,15H2. The summed E-state index contributed by atoms with van der Waals surface area (Å²) in [5, 5.41) is 0.864. The van der Waals surface area contributed by atoms with Crippen LogP contribution < -0.4 is 5.73 Å². The van der Waals surface area contributed by atoms with Gasteiger partial charge in [0.1, 0.15) is 0 Å². The number of nitrogens with two attached hydrogens (primary N) is 1. The molecule has 0 aromatic heterocycles. The maximum Gasteiger partial charge on any atom is 0.0541 e. The Morgan fingerprint density at radius 2 is 2.12 bits per heavy atom. The van der Waals surface area contributed by atoms with Crippen LogP contribution in [0.3, 0.4) is 0 Å². The van der Waals surface area contributed by atoms with Gasteiger partial charge in [-0.15, -0.1) is 11.8 Å². The van der Waals surface area contributed by atoms with Crippen LogP contribution in [0.4, 0.5) is 0 Å². The summed E-state index contributed by atoms with van der Waals surface area (Å²) in [4.78, 5) is 1.19. The van der Waals surface area contributed by atoms with E-state index in [1.165, 1.54) is 30.6 Å². The molecule has 0 spiro atoms. The first kappa shape index (κ1) is 12.3. The van der Waals surface area contributed by atoms with Gasteiger partial charge >= 0.3 is 0 Å². The van der Waals surface area contributed by atoms with Gasteiger partial charge < -0.3 is 5.73 Å². The van der Waals surface area contributed by atoms with Crippen LogP contribution in [0.2, 0.25) is 5.02 Å². The molecule has 1 fully saturated rings. The number of thioether (sulfide) groups is 1. The lowest BCUT2D eigenvalue weighted by atomic mass is 10.0. The first-order valence-electron chi connectivity index (χ1n) is 5.90. The first-order chi connectivity index (χ1) is 7.77. The fourth-order valence-electron chi connectivity index (χ4n) is 2.31. The van der Waals surface area contributed by atoms with Crippen molar-refractivity contribution >= 4 is 23.4 Å². The van der Waals surface area contributed by atoms with Gasteiger partial charge in [0, 0.05) is 10.9 Å². The molecule has 2 unspecified atom stereocenters. The van der Waals surface area contributed by atoms with E-state index in [1.807, 2.05) is 30.0 Å². The Hall–Kier alpha value is -0.180. The number of benzene rings is 1. The molecule has 0 heterocycles. The van der Waals surface area contributed by atoms with Gasteiger partial charge in [0.2, 0.25) is 0 Å². The van der Waals surface area contributed by atoms with Crippen LogP contribution in [-0.4, -0.2) is 11.8 Å². The predicted molar refractivity (Wildman–Crippen MR) is 72.1 cm³/mol. The summed E-state index contributed by atoms with van der Waals surface area (Å²) in [6.07, 6.45) is 5.05. The average Bonchev–Trinajstić information content (AvgIpc) is 2.67. The summed E-state index contributed by atoms with van der Waals surface area (Å²) in [7, 11) is 0. The topological polar surface area (TPSA) is 26.0 Å². The Labute approximate surface area is 107 Å². The molecule has 0 radical (unpaired) electrons. The minimum Gasteiger partial charge on any atom is -0.327 e. The molecule has 0 amide bonds. The summed E-state index contributed by atoms with van der Waals surface area (Å²) < 4.78 is 0. The molecule has 3 heteroatoms. The molecule has 0 aliphatic heterocycles. The van der Waals surface area contributed by atoms with Gasteiger partial charge in [-0.3, -0.25) is 0 Å². The molecule has 0 saturated heterocycles. The molecular formula is C13H18ClNS. The second kappa shape index (κ2) is 5.95. The Balaban J connectivity index is 1.78. The van der Waals surface area contributed by atoms with E-state index in [2.05, 4.69) is 6.07 Å². The Morgan fingerprint density at radius 3 is 2.81 bits per heavy atom. The van der Waals surface area contributed by atoms with Gasteiger partial charge in [-0.05, 0) is 43.1 Å². The summed E-state index contributed by atoms with van der Waals surface area (Å²) in [6, 6.07) is 8.48. The maximum absolute atomic E-state index is 6.10. The number of hydrogen-bond acceptors (Lipinski definition) is 2. The van der Waals surface area contributed by atoms with Crippen molar-refractivity contribution in [3.05, 3.63) is 29.3 Å². The largest absolute Gasteiger partial charge is 0.327 e. The third-order valence-corrected chi connectivity index (χ3v) is 4.85. The highest BCUT2D eigenvalue weighted by molar-refractivity contribution is 7.99. The monoisotopic (exact) mass is 255 g/mol. The lowest BCUT2D eigenvalue weighted by Gasteiger charge is -2.14. The van der Waals surface area contributed by atoms with E-state index < -0.39 is 0 Å². The summed E-state index contributed by atoms with van der Waals surface area (Å²) in [6.45, 7) is 0. The number of hydrogen-bond donors (Lipinski definition) is 1. The molecule has 1 aliphatic rings. The van der Waals surface area contributed by atoms with Crippen molar-refractivity contribution < 1.29 is 0 Å². The maximum atomic E-state index is 6.10. The Morgan fingerprint density at radius 1 is 1.31 bits per heavy atom. The van der Waals surface area contributed by atoms with Gasteiger partial charge in [-0.1, -0.05) is 30.2 Å². The molecule has 1 nitrogen and oxygen atoms in total. The van der Waals surface area contributed by atoms with Crippen molar-refractivity contribution in [1.29, 1.82) is 0 Å². The number of rotatable bonds is 4. The normalized spacial score (nSPS) is 24.9. The van der Waals surface area contributed by atoms with E-state index in [-0.39, 0.29) is 0 Å². The van der Waals surface area contributed by atoms with Crippen LogP contribution in [0, 0.1) is 5.92 Å². The summed E-state index contributed by atoms with van der Waals surface area (Å²) >= 11 is 7.95. The zero-order valence-electron chi connectivity index (χ0n) is 9.36. The van der Waals surface area contributed by atoms with Crippen LogP contribution in [0.1, 0.15) is 25.7 Å². The van der Waals surface area contributed by atoms with E-state index in [0.29, 0.717) is 6.04 Å². The molecule has 1 aliphatic carbocycles. The minimum absolute atomic E-state index is 0.437. The van der Waals surface area contributed by atoms with Crippen molar-refractivity contribution in [2.24, 2.45) is 11.7 Å². The third-order valence-electron chi connectivity index (χ3n) is 3.30. The van der Waals surface area contributed by atoms with Gasteiger partial charge in [-0.25, -0.2) is 0 Å². The van der Waals surface area contributed by atoms with Crippen molar-refractivity contribution in [2.45, 2.75) is 36.6 Å². The molecule has 16 heavy (non-hydrogen) atoms. The first-order valence-corrected chi connectivity index (χ1v) is 7.26. The molecule has 0 bridgehead atoms. The van der Waals surface area contributed by atoms with E-state index in [4.69, 9.17) is 17.3 Å². The lowest BCUT2D eigenvalue weighted by Crippen LogP contribution is -2.24. The zero-order chi connectivity index (χ0) is 11.4. The minimum atomic E-state index is 0.437. The van der Waals surface area contributed by atoms with Crippen LogP contribution in [0.5, 0.6) is 0 Å². The molecular weight excluding hydrogens is 238 g/mol. The van der Waals surface area contributed by atoms with E-state index >= 15 is 0 Å². The molecule has 1 saturated carbocycles. The summed E-state index contributed by atoms with van der Waals surface area (Å²) in [5.74, 6) is 1.86. The average molecular weight is 256 g/mol. The van der Waals surface area contributed by atoms with Gasteiger partial charge in [0.05, 0.1) is 5.02 Å². The highest BCUT2D eigenvalue weighted by atomic mass is 35.5. The van der Waals surface area contributed by atoms with Crippen LogP contribution >= 0.6 is 23.4 Å². The SMILES string of the molecule is NC1CCCC1CCSc1ccccc1Cl. The number of halogens is 1. The highest BCUT2D eigenvalue weighted by Crippen LogP contribution is 2.31. The van der Waals surface area contributed by atoms with Crippen molar-refractivity contribution in [3.63, 3.8) is 0 Å². The quantitative estimate of drug-likeness (QED) is 0.825. The second-order valence-corrected chi connectivity index (χ2v) is 5.97. The van der Waals surface area contributed by atoms with Crippen molar-refractivity contribution in [3.8, 4) is 0 Å². The highest BCUT2D eigenvalue weighted by Gasteiger charge is 2.23. The lowest BCUT2D eigenvalue weighted by molar-refractivity contribution is 0.470. The van der Waals surface area contributed by atoms with Gasteiger partial charge in [-0.2, -0.15) is 0 Å². The Bertz CT molecular complexity index is 342. The molecule has 1 aromatic rings. The second-order valence-electron chi connectivity index (χ2n) is 4.42. The van der Waals surface area contributed by atoms with Crippen LogP contribution in [-0.2, 0) is 0 Å². The molecule has 88 valence electrons. The zero-order valence-corrected chi connectivity index (χ0v) is 10.9. The van der Waals surface area contributed by atoms with E-state index in [1.54, 1.807) is 0 Å². The third kappa shape index (κ3) is 3.16. The molecule has 2 atom stereocenters. The van der Waals surface area contributed by atoms with Gasteiger partial charge in [0.15, 0.2) is 0 Å². The smallest absolute Gasteiger partial charge is 0.0541 e. The van der Waals surface area contributed by atoms with Crippen molar-refractivity contribution in [1.82, 2.24) is 0 Å². The van der Waals surface area contributed by atoms with Crippen molar-refractivity contribution in [2.75, 3.05) is 5.75 Å². The predicted octanol–water partition coefficient (Wildman–Crippen LogP) is 3.95.